The number of carbonyl (C=O) groups is 2. The van der Waals surface area contributed by atoms with Crippen molar-refractivity contribution in [1.82, 2.24) is 4.37 Å². The highest BCUT2D eigenvalue weighted by atomic mass is 32.2. The topological polar surface area (TPSA) is 79.3 Å². The molecule has 21 heavy (non-hydrogen) atoms. The van der Waals surface area contributed by atoms with Gasteiger partial charge in [-0.3, -0.25) is 4.79 Å². The van der Waals surface area contributed by atoms with Crippen molar-refractivity contribution >= 4 is 40.2 Å². The number of amides is 1. The number of thioether (sulfide) groups is 1. The molecule has 1 aliphatic heterocycles. The van der Waals surface area contributed by atoms with E-state index in [-0.39, 0.29) is 16.7 Å². The number of nitrogens with zero attached hydrogens (tertiary/aromatic N) is 1. The molecule has 0 bridgehead atoms. The third-order valence-corrected chi connectivity index (χ3v) is 5.42. The predicted molar refractivity (Wildman–Crippen MR) is 82.2 cm³/mol. The average Bonchev–Trinajstić information content (AvgIpc) is 3.02. The maximum atomic E-state index is 12.3. The van der Waals surface area contributed by atoms with Crippen LogP contribution in [-0.2, 0) is 11.2 Å². The smallest absolute Gasteiger partial charge is 0.340 e. The van der Waals surface area contributed by atoms with Crippen molar-refractivity contribution in [2.45, 2.75) is 23.5 Å². The Morgan fingerprint density at radius 2 is 2.14 bits per heavy atom. The molecule has 2 aromatic rings. The molecule has 0 radical (unpaired) electrons. The summed E-state index contributed by atoms with van der Waals surface area (Å²) in [6.07, 6.45) is 0.660. The van der Waals surface area contributed by atoms with Crippen molar-refractivity contribution < 1.29 is 14.7 Å². The second-order valence-electron chi connectivity index (χ2n) is 4.68. The van der Waals surface area contributed by atoms with Crippen LogP contribution in [0.5, 0.6) is 0 Å². The van der Waals surface area contributed by atoms with Crippen LogP contribution in [0.2, 0.25) is 0 Å². The van der Waals surface area contributed by atoms with Crippen LogP contribution in [0.4, 0.5) is 5.00 Å². The monoisotopic (exact) mass is 320 g/mol. The molecular weight excluding hydrogens is 308 g/mol. The normalized spacial score (nSPS) is 16.5. The first kappa shape index (κ1) is 14.1. The predicted octanol–water partition coefficient (Wildman–Crippen LogP) is 2.81. The van der Waals surface area contributed by atoms with Gasteiger partial charge in [0.15, 0.2) is 0 Å². The van der Waals surface area contributed by atoms with Crippen LogP contribution in [0.1, 0.15) is 21.6 Å². The van der Waals surface area contributed by atoms with Gasteiger partial charge in [0, 0.05) is 4.90 Å². The molecule has 0 fully saturated rings. The molecule has 2 N–H and O–H groups in total. The molecule has 1 amide bonds. The number of carbonyl (C=O) groups excluding carboxylic acids is 1. The Labute approximate surface area is 129 Å². The number of rotatable bonds is 3. The summed E-state index contributed by atoms with van der Waals surface area (Å²) in [4.78, 5) is 24.6. The molecule has 1 aromatic heterocycles. The second-order valence-corrected chi connectivity index (χ2v) is 6.70. The number of fused-ring (bicyclic) bond motifs is 1. The molecule has 0 spiro atoms. The van der Waals surface area contributed by atoms with E-state index in [0.717, 1.165) is 22.0 Å². The lowest BCUT2D eigenvalue weighted by molar-refractivity contribution is -0.115. The van der Waals surface area contributed by atoms with Crippen molar-refractivity contribution in [3.05, 3.63) is 41.1 Å². The van der Waals surface area contributed by atoms with Crippen molar-refractivity contribution in [3.63, 3.8) is 0 Å². The number of hydrogen-bond donors (Lipinski definition) is 2. The fourth-order valence-corrected chi connectivity index (χ4v) is 4.21. The molecule has 2 heterocycles. The number of carboxylic acid groups (broad SMARTS) is 1. The fraction of sp³-hybridized carbons (Fsp3) is 0.214. The van der Waals surface area contributed by atoms with Gasteiger partial charge in [-0.05, 0) is 36.5 Å². The Morgan fingerprint density at radius 3 is 2.86 bits per heavy atom. The minimum absolute atomic E-state index is 0.0776. The van der Waals surface area contributed by atoms with Gasteiger partial charge < -0.3 is 10.4 Å². The van der Waals surface area contributed by atoms with Gasteiger partial charge in [0.05, 0.1) is 10.9 Å². The lowest BCUT2D eigenvalue weighted by atomic mass is 10.1. The molecule has 7 heteroatoms. The number of aromatic carboxylic acids is 1. The summed E-state index contributed by atoms with van der Waals surface area (Å²) in [5.74, 6) is -1.25. The summed E-state index contributed by atoms with van der Waals surface area (Å²) in [7, 11) is 0. The minimum Gasteiger partial charge on any atom is -0.478 e. The third kappa shape index (κ3) is 2.66. The lowest BCUT2D eigenvalue weighted by Gasteiger charge is -2.08. The first-order valence-corrected chi connectivity index (χ1v) is 7.96. The Kier molecular flexibility index (Phi) is 3.69. The standard InChI is InChI=1S/C14H12N2O3S2/c1-7-11(14(18)19)13(21-16-7)15-12(17)10-6-8-4-2-3-5-9(8)20-10/h2-5,10H,6H2,1H3,(H,15,17)(H,18,19). The molecule has 1 aromatic carbocycles. The van der Waals surface area contributed by atoms with Crippen LogP contribution in [-0.4, -0.2) is 26.6 Å². The summed E-state index contributed by atoms with van der Waals surface area (Å²) in [5, 5.41) is 11.9. The highest BCUT2D eigenvalue weighted by Crippen LogP contribution is 2.37. The van der Waals surface area contributed by atoms with Crippen LogP contribution < -0.4 is 5.32 Å². The first-order valence-electron chi connectivity index (χ1n) is 6.31. The van der Waals surface area contributed by atoms with E-state index in [2.05, 4.69) is 9.69 Å². The Balaban J connectivity index is 1.76. The van der Waals surface area contributed by atoms with Crippen molar-refractivity contribution in [1.29, 1.82) is 0 Å². The summed E-state index contributed by atoms with van der Waals surface area (Å²) < 4.78 is 4.00. The maximum absolute atomic E-state index is 12.3. The van der Waals surface area contributed by atoms with Gasteiger partial charge >= 0.3 is 5.97 Å². The summed E-state index contributed by atoms with van der Waals surface area (Å²) >= 11 is 2.51. The number of aromatic nitrogens is 1. The van der Waals surface area contributed by atoms with E-state index in [1.807, 2.05) is 24.3 Å². The van der Waals surface area contributed by atoms with E-state index >= 15 is 0 Å². The zero-order chi connectivity index (χ0) is 15.0. The fourth-order valence-electron chi connectivity index (χ4n) is 2.23. The third-order valence-electron chi connectivity index (χ3n) is 3.25. The number of carboxylic acids is 1. The number of benzene rings is 1. The number of nitrogens with one attached hydrogen (secondary N) is 1. The Bertz CT molecular complexity index is 702. The highest BCUT2D eigenvalue weighted by molar-refractivity contribution is 8.01. The second kappa shape index (κ2) is 5.50. The van der Waals surface area contributed by atoms with Gasteiger partial charge in [-0.25, -0.2) is 4.79 Å². The van der Waals surface area contributed by atoms with Crippen molar-refractivity contribution in [2.24, 2.45) is 0 Å². The molecule has 1 atom stereocenters. The highest BCUT2D eigenvalue weighted by Gasteiger charge is 2.29. The SMILES string of the molecule is Cc1nsc(NC(=O)C2Cc3ccccc3S2)c1C(=O)O. The van der Waals surface area contributed by atoms with Crippen molar-refractivity contribution in [3.8, 4) is 0 Å². The largest absolute Gasteiger partial charge is 0.478 e. The van der Waals surface area contributed by atoms with E-state index in [0.29, 0.717) is 17.1 Å². The van der Waals surface area contributed by atoms with E-state index in [4.69, 9.17) is 5.11 Å². The zero-order valence-electron chi connectivity index (χ0n) is 11.1. The van der Waals surface area contributed by atoms with Gasteiger partial charge in [0.2, 0.25) is 5.91 Å². The van der Waals surface area contributed by atoms with Gasteiger partial charge in [0.1, 0.15) is 10.6 Å². The van der Waals surface area contributed by atoms with Crippen LogP contribution in [0.15, 0.2) is 29.2 Å². The molecule has 0 saturated heterocycles. The van der Waals surface area contributed by atoms with E-state index in [1.165, 1.54) is 11.8 Å². The molecule has 5 nitrogen and oxygen atoms in total. The van der Waals surface area contributed by atoms with Gasteiger partial charge in [-0.1, -0.05) is 18.2 Å². The van der Waals surface area contributed by atoms with Crippen molar-refractivity contribution in [2.75, 3.05) is 5.32 Å². The lowest BCUT2D eigenvalue weighted by Crippen LogP contribution is -2.25. The van der Waals surface area contributed by atoms with Gasteiger partial charge in [-0.2, -0.15) is 4.37 Å². The van der Waals surface area contributed by atoms with E-state index in [1.54, 1.807) is 6.92 Å². The Hall–Kier alpha value is -1.86. The van der Waals surface area contributed by atoms with Gasteiger partial charge in [0.25, 0.3) is 0 Å². The molecule has 1 unspecified atom stereocenters. The molecule has 0 aliphatic carbocycles. The summed E-state index contributed by atoms with van der Waals surface area (Å²) in [5.41, 5.74) is 1.65. The molecular formula is C14H12N2O3S2. The minimum atomic E-state index is -1.07. The van der Waals surface area contributed by atoms with E-state index < -0.39 is 5.97 Å². The van der Waals surface area contributed by atoms with Crippen LogP contribution in [0.25, 0.3) is 0 Å². The quantitative estimate of drug-likeness (QED) is 0.909. The summed E-state index contributed by atoms with van der Waals surface area (Å²) in [6, 6.07) is 7.90. The number of anilines is 1. The number of hydrogen-bond acceptors (Lipinski definition) is 5. The summed E-state index contributed by atoms with van der Waals surface area (Å²) in [6.45, 7) is 1.62. The average molecular weight is 320 g/mol. The maximum Gasteiger partial charge on any atom is 0.340 e. The molecule has 3 rings (SSSR count). The Morgan fingerprint density at radius 1 is 1.38 bits per heavy atom. The van der Waals surface area contributed by atoms with Crippen LogP contribution in [0, 0.1) is 6.92 Å². The van der Waals surface area contributed by atoms with E-state index in [9.17, 15) is 9.59 Å². The first-order chi connectivity index (χ1) is 10.1. The molecule has 108 valence electrons. The van der Waals surface area contributed by atoms with Gasteiger partial charge in [-0.15, -0.1) is 11.8 Å². The molecule has 0 saturated carbocycles. The number of aryl methyl sites for hydroxylation is 1. The van der Waals surface area contributed by atoms with Crippen LogP contribution >= 0.6 is 23.3 Å². The zero-order valence-corrected chi connectivity index (χ0v) is 12.8. The van der Waals surface area contributed by atoms with Crippen LogP contribution in [0.3, 0.4) is 0 Å². The molecule has 1 aliphatic rings.